The maximum atomic E-state index is 8.57. The Bertz CT molecular complexity index is 132. The second kappa shape index (κ2) is 4.77. The predicted molar refractivity (Wildman–Crippen MR) is 46.9 cm³/mol. The summed E-state index contributed by atoms with van der Waals surface area (Å²) in [4.78, 5) is 2.20. The van der Waals surface area contributed by atoms with Gasteiger partial charge in [-0.1, -0.05) is 0 Å². The topological polar surface area (TPSA) is 58.7 Å². The van der Waals surface area contributed by atoms with E-state index in [4.69, 9.17) is 15.6 Å². The van der Waals surface area contributed by atoms with Crippen molar-refractivity contribution in [3.05, 3.63) is 0 Å². The molecule has 3 N–H and O–H groups in total. The smallest absolute Gasteiger partial charge is 0.0854 e. The lowest BCUT2D eigenvalue weighted by Crippen LogP contribution is -2.50. The van der Waals surface area contributed by atoms with E-state index in [0.717, 1.165) is 19.5 Å². The fourth-order valence-electron chi connectivity index (χ4n) is 1.47. The fourth-order valence-corrected chi connectivity index (χ4v) is 1.47. The van der Waals surface area contributed by atoms with Crippen molar-refractivity contribution in [1.82, 2.24) is 4.90 Å². The number of nitrogens with two attached hydrogens (primary N) is 1. The van der Waals surface area contributed by atoms with E-state index in [-0.39, 0.29) is 18.8 Å². The summed E-state index contributed by atoms with van der Waals surface area (Å²) in [5.41, 5.74) is 5.85. The van der Waals surface area contributed by atoms with Crippen LogP contribution in [0.5, 0.6) is 0 Å². The molecule has 0 spiro atoms. The van der Waals surface area contributed by atoms with Crippen LogP contribution in [0.2, 0.25) is 0 Å². The van der Waals surface area contributed by atoms with Crippen LogP contribution in [0.1, 0.15) is 6.42 Å². The van der Waals surface area contributed by atoms with Crippen molar-refractivity contribution >= 4 is 0 Å². The number of piperidine rings is 1. The van der Waals surface area contributed by atoms with Gasteiger partial charge in [0.25, 0.3) is 0 Å². The van der Waals surface area contributed by atoms with E-state index in [1.54, 1.807) is 0 Å². The molecule has 0 aromatic rings. The molecule has 2 atom stereocenters. The quantitative estimate of drug-likeness (QED) is 0.578. The summed E-state index contributed by atoms with van der Waals surface area (Å²) in [5.74, 6) is 0. The summed E-state index contributed by atoms with van der Waals surface area (Å²) in [6.45, 7) is 2.39. The van der Waals surface area contributed by atoms with Crippen LogP contribution in [0.15, 0.2) is 0 Å². The number of aliphatic hydroxyl groups is 1. The van der Waals surface area contributed by atoms with Crippen molar-refractivity contribution in [1.29, 1.82) is 0 Å². The van der Waals surface area contributed by atoms with Gasteiger partial charge < -0.3 is 20.5 Å². The van der Waals surface area contributed by atoms with E-state index in [2.05, 4.69) is 11.9 Å². The number of ether oxygens (including phenoxy) is 1. The first-order chi connectivity index (χ1) is 5.74. The molecule has 1 saturated heterocycles. The molecule has 1 fully saturated rings. The van der Waals surface area contributed by atoms with E-state index < -0.39 is 0 Å². The first-order valence-corrected chi connectivity index (χ1v) is 4.40. The van der Waals surface area contributed by atoms with Gasteiger partial charge in [0.05, 0.1) is 19.3 Å². The molecular formula is C8H18N2O2. The van der Waals surface area contributed by atoms with Gasteiger partial charge in [0, 0.05) is 12.6 Å². The molecule has 4 heteroatoms. The fraction of sp³-hybridized carbons (Fsp3) is 1.00. The number of hydrogen-bond donors (Lipinski definition) is 2. The van der Waals surface area contributed by atoms with Crippen molar-refractivity contribution in [2.45, 2.75) is 18.6 Å². The second-order valence-electron chi connectivity index (χ2n) is 3.35. The van der Waals surface area contributed by atoms with Crippen LogP contribution in [-0.4, -0.2) is 55.5 Å². The van der Waals surface area contributed by atoms with Gasteiger partial charge >= 0.3 is 0 Å². The third kappa shape index (κ3) is 2.71. The molecule has 0 aromatic heterocycles. The number of nitrogens with zero attached hydrogens (tertiary/aromatic N) is 1. The number of rotatable bonds is 3. The normalized spacial score (nSPS) is 32.2. The molecule has 0 unspecified atom stereocenters. The molecule has 0 aliphatic carbocycles. The molecule has 0 aromatic carbocycles. The lowest BCUT2D eigenvalue weighted by Gasteiger charge is -2.34. The van der Waals surface area contributed by atoms with Gasteiger partial charge in [0.2, 0.25) is 0 Å². The van der Waals surface area contributed by atoms with Crippen LogP contribution in [0.4, 0.5) is 0 Å². The van der Waals surface area contributed by atoms with Crippen LogP contribution in [-0.2, 0) is 4.74 Å². The van der Waals surface area contributed by atoms with Gasteiger partial charge in [-0.3, -0.25) is 0 Å². The summed E-state index contributed by atoms with van der Waals surface area (Å²) in [7, 11) is 2.06. The Hall–Kier alpha value is -0.160. The van der Waals surface area contributed by atoms with Gasteiger partial charge in [-0.25, -0.2) is 0 Å². The highest BCUT2D eigenvalue weighted by atomic mass is 16.5. The average Bonchev–Trinajstić information content (AvgIpc) is 2.07. The zero-order chi connectivity index (χ0) is 8.97. The van der Waals surface area contributed by atoms with E-state index in [0.29, 0.717) is 6.61 Å². The molecule has 0 bridgehead atoms. The predicted octanol–water partition coefficient (Wildman–Crippen LogP) is -0.973. The molecule has 1 rings (SSSR count). The molecular weight excluding hydrogens is 156 g/mol. The summed E-state index contributed by atoms with van der Waals surface area (Å²) in [5, 5.41) is 8.57. The highest BCUT2D eigenvalue weighted by molar-refractivity contribution is 4.82. The number of aliphatic hydroxyl groups excluding tert-OH is 1. The van der Waals surface area contributed by atoms with E-state index in [1.807, 2.05) is 0 Å². The molecule has 1 heterocycles. The molecule has 4 nitrogen and oxygen atoms in total. The minimum atomic E-state index is 0.0763. The summed E-state index contributed by atoms with van der Waals surface area (Å²) >= 11 is 0. The van der Waals surface area contributed by atoms with Crippen molar-refractivity contribution in [2.24, 2.45) is 5.73 Å². The molecule has 0 amide bonds. The summed E-state index contributed by atoms with van der Waals surface area (Å²) in [6.07, 6.45) is 1.07. The maximum absolute atomic E-state index is 8.57. The highest BCUT2D eigenvalue weighted by Gasteiger charge is 2.24. The summed E-state index contributed by atoms with van der Waals surface area (Å²) < 4.78 is 5.40. The minimum absolute atomic E-state index is 0.0763. The molecule has 0 radical (unpaired) electrons. The largest absolute Gasteiger partial charge is 0.394 e. The average molecular weight is 174 g/mol. The van der Waals surface area contributed by atoms with Gasteiger partial charge in [-0.15, -0.1) is 0 Å². The van der Waals surface area contributed by atoms with Gasteiger partial charge in [0.15, 0.2) is 0 Å². The van der Waals surface area contributed by atoms with Gasteiger partial charge in [-0.05, 0) is 20.0 Å². The third-order valence-electron chi connectivity index (χ3n) is 2.24. The zero-order valence-electron chi connectivity index (χ0n) is 7.57. The van der Waals surface area contributed by atoms with Gasteiger partial charge in [-0.2, -0.15) is 0 Å². The van der Waals surface area contributed by atoms with Crippen molar-refractivity contribution in [3.63, 3.8) is 0 Å². The Morgan fingerprint density at radius 2 is 2.42 bits per heavy atom. The Morgan fingerprint density at radius 3 is 3.08 bits per heavy atom. The molecule has 1 aliphatic rings. The van der Waals surface area contributed by atoms with Crippen LogP contribution >= 0.6 is 0 Å². The highest BCUT2D eigenvalue weighted by Crippen LogP contribution is 2.10. The maximum Gasteiger partial charge on any atom is 0.0854 e. The number of likely N-dealkylation sites (N-methyl/N-ethyl adjacent to an activating group) is 1. The second-order valence-corrected chi connectivity index (χ2v) is 3.35. The first-order valence-electron chi connectivity index (χ1n) is 4.40. The van der Waals surface area contributed by atoms with Crippen LogP contribution in [0.3, 0.4) is 0 Å². The third-order valence-corrected chi connectivity index (χ3v) is 2.24. The lowest BCUT2D eigenvalue weighted by molar-refractivity contribution is -0.0200. The van der Waals surface area contributed by atoms with Crippen LogP contribution in [0.25, 0.3) is 0 Å². The minimum Gasteiger partial charge on any atom is -0.394 e. The van der Waals surface area contributed by atoms with E-state index in [9.17, 15) is 0 Å². The van der Waals surface area contributed by atoms with E-state index in [1.165, 1.54) is 0 Å². The van der Waals surface area contributed by atoms with Gasteiger partial charge in [0.1, 0.15) is 0 Å². The lowest BCUT2D eigenvalue weighted by atomic mass is 10.0. The zero-order valence-corrected chi connectivity index (χ0v) is 7.57. The molecule has 0 saturated carbocycles. The standard InChI is InChI=1S/C8H18N2O2/c1-10-3-2-7(9)8(6-10)12-5-4-11/h7-8,11H,2-6,9H2,1H3/t7-,8-/m0/s1. The van der Waals surface area contributed by atoms with Crippen molar-refractivity contribution in [3.8, 4) is 0 Å². The first kappa shape index (κ1) is 9.92. The van der Waals surface area contributed by atoms with Crippen LogP contribution in [0, 0.1) is 0 Å². The van der Waals surface area contributed by atoms with Crippen LogP contribution < -0.4 is 5.73 Å². The summed E-state index contributed by atoms with van der Waals surface area (Å²) in [6, 6.07) is 0.132. The molecule has 12 heavy (non-hydrogen) atoms. The Labute approximate surface area is 73.3 Å². The Balaban J connectivity index is 2.28. The number of likely N-dealkylation sites (tertiary alicyclic amines) is 1. The SMILES string of the molecule is CN1CC[C@H](N)[C@@H](OCCO)C1. The van der Waals surface area contributed by atoms with E-state index >= 15 is 0 Å². The molecule has 72 valence electrons. The van der Waals surface area contributed by atoms with Crippen molar-refractivity contribution < 1.29 is 9.84 Å². The Kier molecular flexibility index (Phi) is 3.94. The monoisotopic (exact) mass is 174 g/mol. The molecule has 1 aliphatic heterocycles. The number of hydrogen-bond acceptors (Lipinski definition) is 4. The Morgan fingerprint density at radius 1 is 1.67 bits per heavy atom. The van der Waals surface area contributed by atoms with Crippen molar-refractivity contribution in [2.75, 3.05) is 33.4 Å².